The Labute approximate surface area is 140 Å². The van der Waals surface area contributed by atoms with Gasteiger partial charge in [-0.05, 0) is 29.9 Å². The normalized spacial score (nSPS) is 11.8. The summed E-state index contributed by atoms with van der Waals surface area (Å²) in [7, 11) is 1.51. The summed E-state index contributed by atoms with van der Waals surface area (Å²) in [5.74, 6) is -0.568. The van der Waals surface area contributed by atoms with Gasteiger partial charge in [-0.3, -0.25) is 9.48 Å². The van der Waals surface area contributed by atoms with E-state index in [-0.39, 0.29) is 11.0 Å². The van der Waals surface area contributed by atoms with Crippen LogP contribution < -0.4 is 5.32 Å². The highest BCUT2D eigenvalue weighted by Gasteiger charge is 2.23. The number of halogens is 2. The van der Waals surface area contributed by atoms with Gasteiger partial charge >= 0.3 is 0 Å². The minimum atomic E-state index is -2.79. The standard InChI is InChI=1S/C18H23F2N3O/c1-18(2,3)10-9-12-7-5-6-8-14(12)21-17(24)13-11-23(4)22-15(13)16(19)20/h5-8,11,16H,9-10H2,1-4H3,(H,21,24). The van der Waals surface area contributed by atoms with Crippen LogP contribution in [-0.4, -0.2) is 15.7 Å². The molecule has 4 nitrogen and oxygen atoms in total. The second-order valence-corrected chi connectivity index (χ2v) is 7.07. The van der Waals surface area contributed by atoms with E-state index in [0.29, 0.717) is 5.69 Å². The van der Waals surface area contributed by atoms with Gasteiger partial charge in [0.1, 0.15) is 5.69 Å². The van der Waals surface area contributed by atoms with Crippen molar-refractivity contribution in [2.45, 2.75) is 40.0 Å². The maximum Gasteiger partial charge on any atom is 0.282 e. The van der Waals surface area contributed by atoms with Crippen LogP contribution in [0.15, 0.2) is 30.5 Å². The number of hydrogen-bond acceptors (Lipinski definition) is 2. The molecule has 0 spiro atoms. The third kappa shape index (κ3) is 4.63. The van der Waals surface area contributed by atoms with Gasteiger partial charge in [0.2, 0.25) is 0 Å². The fourth-order valence-electron chi connectivity index (χ4n) is 2.40. The molecular formula is C18H23F2N3O. The van der Waals surface area contributed by atoms with Gasteiger partial charge in [-0.25, -0.2) is 8.78 Å². The van der Waals surface area contributed by atoms with Crippen molar-refractivity contribution in [1.82, 2.24) is 9.78 Å². The maximum absolute atomic E-state index is 13.0. The lowest BCUT2D eigenvalue weighted by molar-refractivity contribution is 0.101. The zero-order valence-corrected chi connectivity index (χ0v) is 14.4. The van der Waals surface area contributed by atoms with Crippen LogP contribution in [0, 0.1) is 5.41 Å². The minimum absolute atomic E-state index is 0.0990. The number of para-hydroxylation sites is 1. The molecule has 1 aromatic heterocycles. The van der Waals surface area contributed by atoms with Crippen LogP contribution in [0.2, 0.25) is 0 Å². The number of anilines is 1. The molecule has 1 heterocycles. The van der Waals surface area contributed by atoms with E-state index in [1.807, 2.05) is 18.2 Å². The van der Waals surface area contributed by atoms with Gasteiger partial charge in [0.05, 0.1) is 5.56 Å². The molecule has 0 unspecified atom stereocenters. The Morgan fingerprint density at radius 2 is 1.96 bits per heavy atom. The molecule has 2 rings (SSSR count). The van der Waals surface area contributed by atoms with Crippen molar-refractivity contribution in [2.75, 3.05) is 5.32 Å². The molecule has 0 fully saturated rings. The third-order valence-electron chi connectivity index (χ3n) is 3.72. The predicted octanol–water partition coefficient (Wildman–Crippen LogP) is 4.59. The van der Waals surface area contributed by atoms with Crippen LogP contribution in [-0.2, 0) is 13.5 Å². The van der Waals surface area contributed by atoms with Gasteiger partial charge in [0, 0.05) is 18.9 Å². The average Bonchev–Trinajstić information content (AvgIpc) is 2.88. The Hall–Kier alpha value is -2.24. The lowest BCUT2D eigenvalue weighted by Gasteiger charge is -2.19. The van der Waals surface area contributed by atoms with Crippen molar-refractivity contribution in [2.24, 2.45) is 12.5 Å². The second kappa shape index (κ2) is 7.11. The number of aryl methyl sites for hydroxylation is 2. The highest BCUT2D eigenvalue weighted by Crippen LogP contribution is 2.26. The van der Waals surface area contributed by atoms with Crippen molar-refractivity contribution < 1.29 is 13.6 Å². The Morgan fingerprint density at radius 1 is 1.29 bits per heavy atom. The van der Waals surface area contributed by atoms with Crippen LogP contribution in [0.5, 0.6) is 0 Å². The highest BCUT2D eigenvalue weighted by molar-refractivity contribution is 6.05. The number of nitrogens with one attached hydrogen (secondary N) is 1. The highest BCUT2D eigenvalue weighted by atomic mass is 19.3. The number of carbonyl (C=O) groups excluding carboxylic acids is 1. The minimum Gasteiger partial charge on any atom is -0.322 e. The summed E-state index contributed by atoms with van der Waals surface area (Å²) in [6.45, 7) is 6.45. The number of aromatic nitrogens is 2. The van der Waals surface area contributed by atoms with E-state index < -0.39 is 18.0 Å². The summed E-state index contributed by atoms with van der Waals surface area (Å²) in [4.78, 5) is 12.4. The van der Waals surface area contributed by atoms with Crippen LogP contribution in [0.3, 0.4) is 0 Å². The summed E-state index contributed by atoms with van der Waals surface area (Å²) in [5, 5.41) is 6.42. The lowest BCUT2D eigenvalue weighted by atomic mass is 9.88. The molecule has 130 valence electrons. The zero-order valence-electron chi connectivity index (χ0n) is 14.4. The Bertz CT molecular complexity index is 717. The fourth-order valence-corrected chi connectivity index (χ4v) is 2.40. The first-order chi connectivity index (χ1) is 11.2. The van der Waals surface area contributed by atoms with E-state index in [4.69, 9.17) is 0 Å². The summed E-state index contributed by atoms with van der Waals surface area (Å²) in [5.41, 5.74) is 1.21. The quantitative estimate of drug-likeness (QED) is 0.869. The van der Waals surface area contributed by atoms with Gasteiger partial charge in [-0.1, -0.05) is 39.0 Å². The lowest BCUT2D eigenvalue weighted by Crippen LogP contribution is -2.15. The third-order valence-corrected chi connectivity index (χ3v) is 3.72. The molecule has 0 bridgehead atoms. The van der Waals surface area contributed by atoms with Crippen LogP contribution in [0.4, 0.5) is 14.5 Å². The van der Waals surface area contributed by atoms with E-state index in [2.05, 4.69) is 31.2 Å². The Balaban J connectivity index is 2.21. The smallest absolute Gasteiger partial charge is 0.282 e. The molecule has 0 saturated heterocycles. The molecule has 0 aliphatic rings. The molecule has 1 aromatic carbocycles. The number of rotatable bonds is 5. The van der Waals surface area contributed by atoms with Gasteiger partial charge in [-0.15, -0.1) is 0 Å². The molecular weight excluding hydrogens is 312 g/mol. The van der Waals surface area contributed by atoms with E-state index in [1.165, 1.54) is 17.9 Å². The van der Waals surface area contributed by atoms with Gasteiger partial charge < -0.3 is 5.32 Å². The van der Waals surface area contributed by atoms with E-state index in [0.717, 1.165) is 18.4 Å². The molecule has 0 aliphatic heterocycles. The monoisotopic (exact) mass is 335 g/mol. The number of nitrogens with zero attached hydrogens (tertiary/aromatic N) is 2. The number of hydrogen-bond donors (Lipinski definition) is 1. The van der Waals surface area contributed by atoms with Gasteiger partial charge in [0.15, 0.2) is 0 Å². The Kier molecular flexibility index (Phi) is 5.36. The predicted molar refractivity (Wildman–Crippen MR) is 90.3 cm³/mol. The van der Waals surface area contributed by atoms with Crippen molar-refractivity contribution in [1.29, 1.82) is 0 Å². The fraction of sp³-hybridized carbons (Fsp3) is 0.444. The summed E-state index contributed by atoms with van der Waals surface area (Å²) in [6, 6.07) is 7.45. The first-order valence-electron chi connectivity index (χ1n) is 7.88. The summed E-state index contributed by atoms with van der Waals surface area (Å²) < 4.78 is 27.3. The van der Waals surface area contributed by atoms with Gasteiger partial charge in [-0.2, -0.15) is 5.10 Å². The number of benzene rings is 1. The Morgan fingerprint density at radius 3 is 2.58 bits per heavy atom. The molecule has 0 atom stereocenters. The molecule has 2 aromatic rings. The number of amides is 1. The summed E-state index contributed by atoms with van der Waals surface area (Å²) in [6.07, 6.45) is 0.279. The molecule has 0 saturated carbocycles. The largest absolute Gasteiger partial charge is 0.322 e. The van der Waals surface area contributed by atoms with Crippen molar-refractivity contribution in [3.63, 3.8) is 0 Å². The average molecular weight is 335 g/mol. The topological polar surface area (TPSA) is 46.9 Å². The molecule has 0 aliphatic carbocycles. The molecule has 0 radical (unpaired) electrons. The summed E-state index contributed by atoms with van der Waals surface area (Å²) >= 11 is 0. The van der Waals surface area contributed by atoms with Crippen molar-refractivity contribution in [3.05, 3.63) is 47.3 Å². The molecule has 1 N–H and O–H groups in total. The number of alkyl halides is 2. The number of carbonyl (C=O) groups is 1. The SMILES string of the molecule is Cn1cc(C(=O)Nc2ccccc2CCC(C)(C)C)c(C(F)F)n1. The van der Waals surface area contributed by atoms with Crippen LogP contribution in [0.1, 0.15) is 55.2 Å². The first-order valence-corrected chi connectivity index (χ1v) is 7.88. The van der Waals surface area contributed by atoms with Crippen molar-refractivity contribution in [3.8, 4) is 0 Å². The van der Waals surface area contributed by atoms with Gasteiger partial charge in [0.25, 0.3) is 12.3 Å². The first kappa shape index (κ1) is 18.1. The molecule has 1 amide bonds. The van der Waals surface area contributed by atoms with E-state index in [9.17, 15) is 13.6 Å². The molecule has 24 heavy (non-hydrogen) atoms. The maximum atomic E-state index is 13.0. The van der Waals surface area contributed by atoms with Crippen molar-refractivity contribution >= 4 is 11.6 Å². The second-order valence-electron chi connectivity index (χ2n) is 7.07. The van der Waals surface area contributed by atoms with E-state index >= 15 is 0 Å². The zero-order chi connectivity index (χ0) is 17.9. The van der Waals surface area contributed by atoms with Crippen LogP contribution >= 0.6 is 0 Å². The molecule has 6 heteroatoms. The van der Waals surface area contributed by atoms with Crippen LogP contribution in [0.25, 0.3) is 0 Å². The van der Waals surface area contributed by atoms with E-state index in [1.54, 1.807) is 6.07 Å².